The predicted octanol–water partition coefficient (Wildman–Crippen LogP) is 1.55. The van der Waals surface area contributed by atoms with E-state index in [4.69, 9.17) is 9.84 Å². The first-order valence-corrected chi connectivity index (χ1v) is 6.33. The Labute approximate surface area is 112 Å². The van der Waals surface area contributed by atoms with Crippen molar-refractivity contribution in [2.45, 2.75) is 13.5 Å². The van der Waals surface area contributed by atoms with Crippen molar-refractivity contribution in [1.82, 2.24) is 4.90 Å². The lowest BCUT2D eigenvalue weighted by molar-refractivity contribution is -0.142. The van der Waals surface area contributed by atoms with Gasteiger partial charge in [0.05, 0.1) is 13.0 Å². The predicted molar refractivity (Wildman–Crippen MR) is 70.2 cm³/mol. The van der Waals surface area contributed by atoms with Crippen LogP contribution < -0.4 is 4.74 Å². The fraction of sp³-hybridized carbons (Fsp3) is 0.500. The van der Waals surface area contributed by atoms with E-state index in [1.54, 1.807) is 6.07 Å². The van der Waals surface area contributed by atoms with Crippen molar-refractivity contribution in [3.63, 3.8) is 0 Å². The molecule has 1 fully saturated rings. The highest BCUT2D eigenvalue weighted by Gasteiger charge is 2.34. The Morgan fingerprint density at radius 2 is 2.21 bits per heavy atom. The summed E-state index contributed by atoms with van der Waals surface area (Å²) in [4.78, 5) is 13.1. The largest absolute Gasteiger partial charge is 0.504 e. The molecular weight excluding hydrogens is 246 g/mol. The van der Waals surface area contributed by atoms with Crippen LogP contribution in [0.3, 0.4) is 0 Å². The van der Waals surface area contributed by atoms with Gasteiger partial charge >= 0.3 is 5.97 Å². The number of phenolic OH excluding ortho intramolecular Hbond substituents is 1. The number of ether oxygens (including phenoxy) is 1. The number of hydrogen-bond acceptors (Lipinski definition) is 4. The Morgan fingerprint density at radius 1 is 1.47 bits per heavy atom. The van der Waals surface area contributed by atoms with Crippen LogP contribution in [0.2, 0.25) is 0 Å². The second-order valence-corrected chi connectivity index (χ2v) is 5.08. The quantitative estimate of drug-likeness (QED) is 0.864. The first-order chi connectivity index (χ1) is 9.02. The molecule has 0 radical (unpaired) electrons. The number of rotatable bonds is 4. The van der Waals surface area contributed by atoms with E-state index in [0.717, 1.165) is 12.1 Å². The molecule has 0 spiro atoms. The molecule has 1 aromatic rings. The molecule has 104 valence electrons. The molecule has 0 unspecified atom stereocenters. The van der Waals surface area contributed by atoms with Gasteiger partial charge in [0.2, 0.25) is 0 Å². The maximum absolute atomic E-state index is 11.1. The SMILES string of the molecule is COc1cccc(CN2C[C@@H](C)[C@H](C(=O)O)C2)c1O. The van der Waals surface area contributed by atoms with Crippen molar-refractivity contribution < 1.29 is 19.7 Å². The summed E-state index contributed by atoms with van der Waals surface area (Å²) in [5.74, 6) is -0.362. The Kier molecular flexibility index (Phi) is 3.95. The fourth-order valence-corrected chi connectivity index (χ4v) is 2.62. The summed E-state index contributed by atoms with van der Waals surface area (Å²) < 4.78 is 5.07. The van der Waals surface area contributed by atoms with Crippen LogP contribution in [0, 0.1) is 11.8 Å². The lowest BCUT2D eigenvalue weighted by Gasteiger charge is -2.17. The van der Waals surface area contributed by atoms with Gasteiger partial charge in [0.1, 0.15) is 0 Å². The van der Waals surface area contributed by atoms with Crippen molar-refractivity contribution in [2.24, 2.45) is 11.8 Å². The molecule has 5 nitrogen and oxygen atoms in total. The van der Waals surface area contributed by atoms with E-state index in [1.165, 1.54) is 7.11 Å². The molecule has 19 heavy (non-hydrogen) atoms. The summed E-state index contributed by atoms with van der Waals surface area (Å²) in [6.45, 7) is 3.74. The highest BCUT2D eigenvalue weighted by Crippen LogP contribution is 2.32. The van der Waals surface area contributed by atoms with Gasteiger partial charge in [-0.25, -0.2) is 0 Å². The molecule has 0 saturated carbocycles. The molecule has 0 amide bonds. The number of aliphatic carboxylic acids is 1. The number of carboxylic acids is 1. The average Bonchev–Trinajstić information content (AvgIpc) is 2.73. The summed E-state index contributed by atoms with van der Waals surface area (Å²) in [5, 5.41) is 19.1. The van der Waals surface area contributed by atoms with Crippen LogP contribution in [0.4, 0.5) is 0 Å². The van der Waals surface area contributed by atoms with Gasteiger partial charge in [0, 0.05) is 25.2 Å². The van der Waals surface area contributed by atoms with Crippen molar-refractivity contribution in [3.8, 4) is 11.5 Å². The van der Waals surface area contributed by atoms with Gasteiger partial charge in [-0.2, -0.15) is 0 Å². The zero-order valence-corrected chi connectivity index (χ0v) is 11.2. The van der Waals surface area contributed by atoms with Crippen LogP contribution in [0.15, 0.2) is 18.2 Å². The highest BCUT2D eigenvalue weighted by atomic mass is 16.5. The third-order valence-corrected chi connectivity index (χ3v) is 3.70. The van der Waals surface area contributed by atoms with Gasteiger partial charge in [0.25, 0.3) is 0 Å². The van der Waals surface area contributed by atoms with E-state index in [1.807, 2.05) is 19.1 Å². The van der Waals surface area contributed by atoms with E-state index in [-0.39, 0.29) is 17.6 Å². The number of carboxylic acid groups (broad SMARTS) is 1. The summed E-state index contributed by atoms with van der Waals surface area (Å²) in [6.07, 6.45) is 0. The minimum atomic E-state index is -0.745. The molecule has 2 N–H and O–H groups in total. The summed E-state index contributed by atoms with van der Waals surface area (Å²) in [6, 6.07) is 5.35. The molecule has 5 heteroatoms. The first kappa shape index (κ1) is 13.7. The number of phenols is 1. The number of para-hydroxylation sites is 1. The lowest BCUT2D eigenvalue weighted by Crippen LogP contribution is -2.23. The summed E-state index contributed by atoms with van der Waals surface area (Å²) in [7, 11) is 1.51. The molecule has 1 heterocycles. The number of likely N-dealkylation sites (tertiary alicyclic amines) is 1. The van der Waals surface area contributed by atoms with Crippen molar-refractivity contribution in [1.29, 1.82) is 0 Å². The minimum absolute atomic E-state index is 0.130. The van der Waals surface area contributed by atoms with E-state index < -0.39 is 5.97 Å². The molecule has 0 aromatic heterocycles. The number of methoxy groups -OCH3 is 1. The number of hydrogen-bond donors (Lipinski definition) is 2. The third kappa shape index (κ3) is 2.81. The Balaban J connectivity index is 2.09. The molecule has 1 aliphatic rings. The Bertz CT molecular complexity index is 475. The van der Waals surface area contributed by atoms with Crippen LogP contribution >= 0.6 is 0 Å². The standard InChI is InChI=1S/C14H19NO4/c1-9-6-15(8-11(9)14(17)18)7-10-4-3-5-12(19-2)13(10)16/h3-5,9,11,16H,6-8H2,1-2H3,(H,17,18)/t9-,11-/m1/s1. The van der Waals surface area contributed by atoms with Crippen LogP contribution in [-0.2, 0) is 11.3 Å². The highest BCUT2D eigenvalue weighted by molar-refractivity contribution is 5.71. The molecular formula is C14H19NO4. The van der Waals surface area contributed by atoms with Crippen LogP contribution in [0.5, 0.6) is 11.5 Å². The molecule has 1 saturated heterocycles. The Hall–Kier alpha value is -1.75. The monoisotopic (exact) mass is 265 g/mol. The number of aromatic hydroxyl groups is 1. The second-order valence-electron chi connectivity index (χ2n) is 5.08. The molecule has 1 aromatic carbocycles. The number of benzene rings is 1. The second kappa shape index (κ2) is 5.48. The third-order valence-electron chi connectivity index (χ3n) is 3.70. The van der Waals surface area contributed by atoms with Gasteiger partial charge in [0.15, 0.2) is 11.5 Å². The zero-order chi connectivity index (χ0) is 14.0. The van der Waals surface area contributed by atoms with Gasteiger partial charge in [-0.1, -0.05) is 19.1 Å². The summed E-state index contributed by atoms with van der Waals surface area (Å²) in [5.41, 5.74) is 0.762. The maximum atomic E-state index is 11.1. The van der Waals surface area contributed by atoms with Crippen molar-refractivity contribution in [3.05, 3.63) is 23.8 Å². The zero-order valence-electron chi connectivity index (χ0n) is 11.2. The number of carbonyl (C=O) groups is 1. The molecule has 2 rings (SSSR count). The average molecular weight is 265 g/mol. The van der Waals surface area contributed by atoms with E-state index >= 15 is 0 Å². The lowest BCUT2D eigenvalue weighted by atomic mass is 9.99. The van der Waals surface area contributed by atoms with Crippen molar-refractivity contribution >= 4 is 5.97 Å². The minimum Gasteiger partial charge on any atom is -0.504 e. The molecule has 1 aliphatic heterocycles. The van der Waals surface area contributed by atoms with Gasteiger partial charge in [-0.05, 0) is 12.0 Å². The molecule has 2 atom stereocenters. The fourth-order valence-electron chi connectivity index (χ4n) is 2.62. The van der Waals surface area contributed by atoms with E-state index in [2.05, 4.69) is 4.90 Å². The van der Waals surface area contributed by atoms with Crippen LogP contribution in [-0.4, -0.2) is 41.3 Å². The Morgan fingerprint density at radius 3 is 2.79 bits per heavy atom. The van der Waals surface area contributed by atoms with Gasteiger partial charge in [-0.15, -0.1) is 0 Å². The van der Waals surface area contributed by atoms with E-state index in [9.17, 15) is 9.90 Å². The van der Waals surface area contributed by atoms with Crippen LogP contribution in [0.25, 0.3) is 0 Å². The van der Waals surface area contributed by atoms with Crippen LogP contribution in [0.1, 0.15) is 12.5 Å². The summed E-state index contributed by atoms with van der Waals surface area (Å²) >= 11 is 0. The molecule has 0 bridgehead atoms. The van der Waals surface area contributed by atoms with E-state index in [0.29, 0.717) is 18.8 Å². The number of nitrogens with zero attached hydrogens (tertiary/aromatic N) is 1. The maximum Gasteiger partial charge on any atom is 0.308 e. The molecule has 0 aliphatic carbocycles. The van der Waals surface area contributed by atoms with Crippen molar-refractivity contribution in [2.75, 3.05) is 20.2 Å². The van der Waals surface area contributed by atoms with Gasteiger partial charge < -0.3 is 14.9 Å². The van der Waals surface area contributed by atoms with Gasteiger partial charge in [-0.3, -0.25) is 9.69 Å². The first-order valence-electron chi connectivity index (χ1n) is 6.33. The topological polar surface area (TPSA) is 70.0 Å². The normalized spacial score (nSPS) is 23.5. The smallest absolute Gasteiger partial charge is 0.308 e.